The zero-order valence-electron chi connectivity index (χ0n) is 24.5. The standard InChI is InChI=1S/C29H20ClF8N7O3S/c1-15(41-42-25(47)40-26-45(23(46)13-49-26)22-12-18(30)6-11-21(22)27(31,32)33)16-2-4-17(5-3-16)24-39-14-44(43-24)19-7-9-20(10-8-19)48-29(37,38)28(34,35)36/h2-12,14-15,41H,13H2,1H3,(H,42,47)/b40-26-. The Morgan fingerprint density at radius 2 is 1.67 bits per heavy atom. The highest BCUT2D eigenvalue weighted by Crippen LogP contribution is 2.41. The Morgan fingerprint density at radius 1 is 1.00 bits per heavy atom. The summed E-state index contributed by atoms with van der Waals surface area (Å²) in [7, 11) is 0. The number of hydrogen-bond acceptors (Lipinski definition) is 7. The van der Waals surface area contributed by atoms with Gasteiger partial charge in [-0.1, -0.05) is 47.6 Å². The minimum atomic E-state index is -5.88. The van der Waals surface area contributed by atoms with Gasteiger partial charge in [-0.2, -0.15) is 40.1 Å². The third kappa shape index (κ3) is 8.11. The predicted molar refractivity (Wildman–Crippen MR) is 162 cm³/mol. The summed E-state index contributed by atoms with van der Waals surface area (Å²) in [6.07, 6.45) is -14.7. The monoisotopic (exact) mass is 733 g/mol. The van der Waals surface area contributed by atoms with E-state index >= 15 is 0 Å². The van der Waals surface area contributed by atoms with Crippen molar-refractivity contribution in [1.82, 2.24) is 25.6 Å². The normalized spacial score (nSPS) is 15.5. The second-order valence-electron chi connectivity index (χ2n) is 10.1. The number of benzene rings is 3. The minimum Gasteiger partial charge on any atom is -0.426 e. The molecule has 2 N–H and O–H groups in total. The summed E-state index contributed by atoms with van der Waals surface area (Å²) in [5.41, 5.74) is 4.89. The molecule has 1 saturated heterocycles. The van der Waals surface area contributed by atoms with Gasteiger partial charge < -0.3 is 4.74 Å². The number of urea groups is 1. The Kier molecular flexibility index (Phi) is 9.89. The molecule has 0 saturated carbocycles. The van der Waals surface area contributed by atoms with Gasteiger partial charge in [-0.25, -0.2) is 19.9 Å². The van der Waals surface area contributed by atoms with E-state index in [4.69, 9.17) is 11.6 Å². The van der Waals surface area contributed by atoms with E-state index in [1.807, 2.05) is 0 Å². The smallest absolute Gasteiger partial charge is 0.426 e. The number of ether oxygens (including phenoxy) is 1. The molecule has 1 fully saturated rings. The zero-order valence-corrected chi connectivity index (χ0v) is 26.1. The van der Waals surface area contributed by atoms with Crippen molar-refractivity contribution in [3.8, 4) is 22.8 Å². The fraction of sp³-hybridized carbons (Fsp3) is 0.207. The lowest BCUT2D eigenvalue weighted by atomic mass is 10.1. The number of nitrogens with one attached hydrogen (secondary N) is 2. The van der Waals surface area contributed by atoms with Crippen LogP contribution >= 0.6 is 23.4 Å². The van der Waals surface area contributed by atoms with Crippen molar-refractivity contribution < 1.29 is 49.4 Å². The average molecular weight is 734 g/mol. The molecule has 258 valence electrons. The van der Waals surface area contributed by atoms with Crippen LogP contribution in [0, 0.1) is 0 Å². The lowest BCUT2D eigenvalue weighted by Gasteiger charge is -2.21. The molecule has 5 rings (SSSR count). The van der Waals surface area contributed by atoms with E-state index in [1.165, 1.54) is 23.1 Å². The van der Waals surface area contributed by atoms with Crippen LogP contribution in [0.1, 0.15) is 24.1 Å². The fourth-order valence-corrected chi connectivity index (χ4v) is 5.32. The molecule has 49 heavy (non-hydrogen) atoms. The van der Waals surface area contributed by atoms with Crippen molar-refractivity contribution >= 4 is 46.2 Å². The number of carbonyl (C=O) groups is 2. The quantitative estimate of drug-likeness (QED) is 0.142. The second kappa shape index (κ2) is 13.6. The van der Waals surface area contributed by atoms with Gasteiger partial charge in [-0.3, -0.25) is 15.1 Å². The van der Waals surface area contributed by atoms with Crippen molar-refractivity contribution in [2.45, 2.75) is 31.4 Å². The van der Waals surface area contributed by atoms with Crippen molar-refractivity contribution in [1.29, 1.82) is 0 Å². The number of anilines is 1. The molecule has 0 radical (unpaired) electrons. The first-order valence-electron chi connectivity index (χ1n) is 13.7. The third-order valence-electron chi connectivity index (χ3n) is 6.70. The molecule has 1 unspecified atom stereocenters. The van der Waals surface area contributed by atoms with Crippen LogP contribution < -0.4 is 20.5 Å². The van der Waals surface area contributed by atoms with Crippen molar-refractivity contribution in [3.63, 3.8) is 0 Å². The number of aromatic nitrogens is 3. The van der Waals surface area contributed by atoms with Crippen LogP contribution in [-0.2, 0) is 11.0 Å². The van der Waals surface area contributed by atoms with Crippen LogP contribution in [0.2, 0.25) is 5.02 Å². The summed E-state index contributed by atoms with van der Waals surface area (Å²) in [5.74, 6) is -1.42. The number of amides is 3. The topological polar surface area (TPSA) is 114 Å². The average Bonchev–Trinajstić information content (AvgIpc) is 3.66. The molecule has 20 heteroatoms. The number of rotatable bonds is 8. The number of aliphatic imine (C=N–C) groups is 1. The van der Waals surface area contributed by atoms with E-state index in [9.17, 15) is 44.7 Å². The van der Waals surface area contributed by atoms with Gasteiger partial charge in [0.15, 0.2) is 11.0 Å². The van der Waals surface area contributed by atoms with Crippen LogP contribution in [0.5, 0.6) is 5.75 Å². The number of amidine groups is 1. The molecule has 10 nitrogen and oxygen atoms in total. The first-order chi connectivity index (χ1) is 22.9. The number of nitrogens with zero attached hydrogens (tertiary/aromatic N) is 5. The van der Waals surface area contributed by atoms with E-state index in [0.717, 1.165) is 42.1 Å². The van der Waals surface area contributed by atoms with E-state index in [-0.39, 0.29) is 21.8 Å². The molecule has 2 heterocycles. The number of hydrogen-bond donors (Lipinski definition) is 2. The molecule has 0 bridgehead atoms. The van der Waals surface area contributed by atoms with Gasteiger partial charge in [0.2, 0.25) is 5.91 Å². The van der Waals surface area contributed by atoms with Crippen molar-refractivity contribution in [2.75, 3.05) is 10.7 Å². The Labute approximate surface area is 280 Å². The molecule has 4 aromatic rings. The first kappa shape index (κ1) is 35.6. The van der Waals surface area contributed by atoms with Crippen LogP contribution in [0.25, 0.3) is 17.1 Å². The molecule has 1 atom stereocenters. The maximum Gasteiger partial charge on any atom is 0.499 e. The summed E-state index contributed by atoms with van der Waals surface area (Å²) in [6, 6.07) is 12.2. The molecule has 3 aromatic carbocycles. The SMILES string of the molecule is CC(NNC(=O)/N=C1\SCC(=O)N1c1cc(Cl)ccc1C(F)(F)F)c1ccc(-c2ncn(-c3ccc(OC(F)(F)C(F)(F)F)cc3)n2)cc1. The summed E-state index contributed by atoms with van der Waals surface area (Å²) in [6.45, 7) is 1.69. The van der Waals surface area contributed by atoms with E-state index in [2.05, 4.69) is 30.7 Å². The minimum absolute atomic E-state index is 0.0508. The Hall–Kier alpha value is -4.75. The van der Waals surface area contributed by atoms with Gasteiger partial charge in [0.1, 0.15) is 12.1 Å². The zero-order chi connectivity index (χ0) is 35.7. The second-order valence-corrected chi connectivity index (χ2v) is 11.5. The largest absolute Gasteiger partial charge is 0.499 e. The lowest BCUT2D eigenvalue weighted by molar-refractivity contribution is -0.360. The van der Waals surface area contributed by atoms with Gasteiger partial charge >= 0.3 is 24.5 Å². The third-order valence-corrected chi connectivity index (χ3v) is 7.86. The molecule has 0 aliphatic carbocycles. The van der Waals surface area contributed by atoms with Gasteiger partial charge in [-0.15, -0.1) is 5.10 Å². The molecule has 1 aromatic heterocycles. The highest BCUT2D eigenvalue weighted by Gasteiger charge is 2.61. The first-order valence-corrected chi connectivity index (χ1v) is 15.0. The highest BCUT2D eigenvalue weighted by molar-refractivity contribution is 8.15. The van der Waals surface area contributed by atoms with Crippen LogP contribution in [-0.4, -0.2) is 49.9 Å². The van der Waals surface area contributed by atoms with Gasteiger partial charge in [0.25, 0.3) is 0 Å². The summed E-state index contributed by atoms with van der Waals surface area (Å²) >= 11 is 6.68. The van der Waals surface area contributed by atoms with E-state index < -0.39 is 53.4 Å². The molecule has 3 amide bonds. The maximum absolute atomic E-state index is 13.6. The summed E-state index contributed by atoms with van der Waals surface area (Å²) < 4.78 is 109. The van der Waals surface area contributed by atoms with E-state index in [0.29, 0.717) is 21.7 Å². The Morgan fingerprint density at radius 3 is 2.31 bits per heavy atom. The summed E-state index contributed by atoms with van der Waals surface area (Å²) in [4.78, 5) is 33.7. The highest BCUT2D eigenvalue weighted by atomic mass is 35.5. The molecule has 1 aliphatic heterocycles. The van der Waals surface area contributed by atoms with Crippen LogP contribution in [0.15, 0.2) is 78.0 Å². The van der Waals surface area contributed by atoms with Crippen molar-refractivity contribution in [2.24, 2.45) is 4.99 Å². The van der Waals surface area contributed by atoms with Crippen LogP contribution in [0.3, 0.4) is 0 Å². The van der Waals surface area contributed by atoms with Gasteiger partial charge in [0, 0.05) is 16.6 Å². The number of halogens is 9. The number of alkyl halides is 8. The number of hydrazine groups is 1. The Bertz CT molecular complexity index is 1880. The molecular formula is C29H20ClF8N7O3S. The number of carbonyl (C=O) groups excluding carboxylic acids is 2. The Balaban J connectivity index is 1.20. The van der Waals surface area contributed by atoms with Crippen LogP contribution in [0.4, 0.5) is 45.6 Å². The lowest BCUT2D eigenvalue weighted by Crippen LogP contribution is -2.41. The molecule has 1 aliphatic rings. The summed E-state index contributed by atoms with van der Waals surface area (Å²) in [5, 5.41) is 3.96. The molecule has 0 spiro atoms. The predicted octanol–water partition coefficient (Wildman–Crippen LogP) is 7.55. The maximum atomic E-state index is 13.6. The number of thioether (sulfide) groups is 1. The van der Waals surface area contributed by atoms with Gasteiger partial charge in [0.05, 0.1) is 22.7 Å². The van der Waals surface area contributed by atoms with E-state index in [1.54, 1.807) is 31.2 Å². The van der Waals surface area contributed by atoms with Crippen molar-refractivity contribution in [3.05, 3.63) is 89.2 Å². The molecular weight excluding hydrogens is 714 g/mol. The van der Waals surface area contributed by atoms with Gasteiger partial charge in [-0.05, 0) is 55.0 Å². The fourth-order valence-electron chi connectivity index (χ4n) is 4.29.